The van der Waals surface area contributed by atoms with Crippen LogP contribution in [0, 0.1) is 0 Å². The Bertz CT molecular complexity index is 768. The first kappa shape index (κ1) is 17.8. The van der Waals surface area contributed by atoms with Crippen LogP contribution in [0.15, 0.2) is 52.4 Å². The van der Waals surface area contributed by atoms with Gasteiger partial charge in [-0.25, -0.2) is 9.98 Å². The maximum atomic E-state index is 12.5. The van der Waals surface area contributed by atoms with E-state index in [0.717, 1.165) is 17.8 Å². The Kier molecular flexibility index (Phi) is 5.46. The largest absolute Gasteiger partial charge is 0.416 e. The third-order valence-electron chi connectivity index (χ3n) is 3.13. The number of hydrogen-bond donors (Lipinski definition) is 2. The first-order chi connectivity index (χ1) is 11.3. The zero-order valence-electron chi connectivity index (χ0n) is 12.6. The van der Waals surface area contributed by atoms with E-state index in [0.29, 0.717) is 16.3 Å². The quantitative estimate of drug-likeness (QED) is 0.628. The number of halogens is 4. The van der Waals surface area contributed by atoms with Gasteiger partial charge in [0.15, 0.2) is 0 Å². The Morgan fingerprint density at radius 3 is 2.38 bits per heavy atom. The topological polar surface area (TPSA) is 62.8 Å². The third kappa shape index (κ3) is 4.48. The van der Waals surface area contributed by atoms with Crippen LogP contribution < -0.4 is 11.1 Å². The number of nitrogens with two attached hydrogens (primary N) is 1. The number of rotatable bonds is 4. The zero-order chi connectivity index (χ0) is 17.7. The van der Waals surface area contributed by atoms with E-state index in [1.54, 1.807) is 25.2 Å². The van der Waals surface area contributed by atoms with Crippen molar-refractivity contribution in [3.63, 3.8) is 0 Å². The standard InChI is InChI=1S/C16H14ClF3N4/c1-22-14-7-6-12(8-13(14)17)23-9-24-15(21)10-2-4-11(5-3-10)16(18,19)20/h2-9,22H,1H3,(H2,21,23,24). The van der Waals surface area contributed by atoms with Crippen LogP contribution in [0.4, 0.5) is 24.5 Å². The molecule has 0 spiro atoms. The van der Waals surface area contributed by atoms with Gasteiger partial charge >= 0.3 is 6.18 Å². The highest BCUT2D eigenvalue weighted by atomic mass is 35.5. The highest BCUT2D eigenvalue weighted by Gasteiger charge is 2.29. The van der Waals surface area contributed by atoms with Gasteiger partial charge < -0.3 is 11.1 Å². The lowest BCUT2D eigenvalue weighted by Crippen LogP contribution is -2.14. The van der Waals surface area contributed by atoms with Crippen molar-refractivity contribution in [2.24, 2.45) is 15.7 Å². The molecule has 126 valence electrons. The first-order valence-electron chi connectivity index (χ1n) is 6.82. The van der Waals surface area contributed by atoms with Crippen LogP contribution in [0.3, 0.4) is 0 Å². The van der Waals surface area contributed by atoms with Crippen LogP contribution in [-0.2, 0) is 6.18 Å². The van der Waals surface area contributed by atoms with Crippen LogP contribution in [0.5, 0.6) is 0 Å². The average Bonchev–Trinajstić information content (AvgIpc) is 2.54. The number of aliphatic imine (C=N–C) groups is 2. The van der Waals surface area contributed by atoms with Gasteiger partial charge in [0.05, 0.1) is 22.0 Å². The summed E-state index contributed by atoms with van der Waals surface area (Å²) >= 11 is 6.03. The maximum absolute atomic E-state index is 12.5. The van der Waals surface area contributed by atoms with E-state index in [1.165, 1.54) is 18.5 Å². The molecule has 0 heterocycles. The molecule has 2 aromatic carbocycles. The molecule has 0 aromatic heterocycles. The van der Waals surface area contributed by atoms with Gasteiger partial charge in [-0.15, -0.1) is 0 Å². The number of anilines is 1. The van der Waals surface area contributed by atoms with Crippen molar-refractivity contribution < 1.29 is 13.2 Å². The minimum Gasteiger partial charge on any atom is -0.387 e. The van der Waals surface area contributed by atoms with Crippen LogP contribution in [0.25, 0.3) is 0 Å². The predicted molar refractivity (Wildman–Crippen MR) is 91.3 cm³/mol. The lowest BCUT2D eigenvalue weighted by atomic mass is 10.1. The monoisotopic (exact) mass is 354 g/mol. The van der Waals surface area contributed by atoms with Gasteiger partial charge in [-0.1, -0.05) is 23.7 Å². The highest BCUT2D eigenvalue weighted by Crippen LogP contribution is 2.29. The Morgan fingerprint density at radius 2 is 1.83 bits per heavy atom. The molecule has 0 aliphatic heterocycles. The summed E-state index contributed by atoms with van der Waals surface area (Å²) in [5, 5.41) is 3.43. The van der Waals surface area contributed by atoms with Crippen molar-refractivity contribution in [2.75, 3.05) is 12.4 Å². The van der Waals surface area contributed by atoms with Gasteiger partial charge in [0.1, 0.15) is 12.2 Å². The Balaban J connectivity index is 2.12. The van der Waals surface area contributed by atoms with Gasteiger partial charge in [-0.2, -0.15) is 13.2 Å². The number of hydrogen-bond acceptors (Lipinski definition) is 2. The minimum absolute atomic E-state index is 0.0606. The molecule has 0 aliphatic carbocycles. The Morgan fingerprint density at radius 1 is 1.17 bits per heavy atom. The van der Waals surface area contributed by atoms with E-state index < -0.39 is 11.7 Å². The summed E-state index contributed by atoms with van der Waals surface area (Å²) in [5.41, 5.74) is 6.70. The third-order valence-corrected chi connectivity index (χ3v) is 3.45. The van der Waals surface area contributed by atoms with Gasteiger partial charge in [0.2, 0.25) is 0 Å². The zero-order valence-corrected chi connectivity index (χ0v) is 13.4. The Hall–Kier alpha value is -2.54. The van der Waals surface area contributed by atoms with Crippen molar-refractivity contribution in [1.82, 2.24) is 0 Å². The SMILES string of the molecule is CNc1ccc(N=CN=C(N)c2ccc(C(F)(F)F)cc2)cc1Cl. The summed E-state index contributed by atoms with van der Waals surface area (Å²) in [6.45, 7) is 0. The molecule has 4 nitrogen and oxygen atoms in total. The van der Waals surface area contributed by atoms with Crippen molar-refractivity contribution in [2.45, 2.75) is 6.18 Å². The second-order valence-corrected chi connectivity index (χ2v) is 5.16. The summed E-state index contributed by atoms with van der Waals surface area (Å²) in [7, 11) is 1.75. The maximum Gasteiger partial charge on any atom is 0.416 e. The molecule has 0 amide bonds. The molecule has 0 saturated carbocycles. The van der Waals surface area contributed by atoms with Crippen molar-refractivity contribution in [3.05, 3.63) is 58.6 Å². The molecule has 24 heavy (non-hydrogen) atoms. The molecule has 3 N–H and O–H groups in total. The summed E-state index contributed by atoms with van der Waals surface area (Å²) in [6.07, 6.45) is -3.16. The molecule has 0 unspecified atom stereocenters. The van der Waals surface area contributed by atoms with Gasteiger partial charge in [-0.05, 0) is 30.3 Å². The van der Waals surface area contributed by atoms with Crippen LogP contribution in [-0.4, -0.2) is 19.2 Å². The molecule has 0 aliphatic rings. The van der Waals surface area contributed by atoms with Gasteiger partial charge in [-0.3, -0.25) is 0 Å². The molecule has 8 heteroatoms. The normalized spacial score (nSPS) is 12.6. The minimum atomic E-state index is -4.38. The number of amidine groups is 1. The lowest BCUT2D eigenvalue weighted by molar-refractivity contribution is -0.137. The fourth-order valence-corrected chi connectivity index (χ4v) is 2.12. The van der Waals surface area contributed by atoms with E-state index >= 15 is 0 Å². The summed E-state index contributed by atoms with van der Waals surface area (Å²) in [5.74, 6) is 0.0606. The molecular formula is C16H14ClF3N4. The van der Waals surface area contributed by atoms with E-state index in [1.807, 2.05) is 0 Å². The number of benzene rings is 2. The smallest absolute Gasteiger partial charge is 0.387 e. The molecule has 0 bridgehead atoms. The van der Waals surface area contributed by atoms with Crippen LogP contribution in [0.2, 0.25) is 5.02 Å². The van der Waals surface area contributed by atoms with E-state index in [-0.39, 0.29) is 5.84 Å². The molecule has 2 rings (SSSR count). The van der Waals surface area contributed by atoms with E-state index in [9.17, 15) is 13.2 Å². The van der Waals surface area contributed by atoms with Crippen molar-refractivity contribution in [1.29, 1.82) is 0 Å². The molecule has 0 saturated heterocycles. The average molecular weight is 355 g/mol. The molecular weight excluding hydrogens is 341 g/mol. The second-order valence-electron chi connectivity index (χ2n) is 4.75. The molecule has 0 radical (unpaired) electrons. The Labute approximate surface area is 141 Å². The summed E-state index contributed by atoms with van der Waals surface area (Å²) < 4.78 is 37.5. The summed E-state index contributed by atoms with van der Waals surface area (Å²) in [6, 6.07) is 9.56. The van der Waals surface area contributed by atoms with Crippen LogP contribution in [0.1, 0.15) is 11.1 Å². The fraction of sp³-hybridized carbons (Fsp3) is 0.125. The van der Waals surface area contributed by atoms with E-state index in [2.05, 4.69) is 15.3 Å². The number of nitrogens with zero attached hydrogens (tertiary/aromatic N) is 2. The highest BCUT2D eigenvalue weighted by molar-refractivity contribution is 6.33. The van der Waals surface area contributed by atoms with Crippen molar-refractivity contribution >= 4 is 35.1 Å². The van der Waals surface area contributed by atoms with Gasteiger partial charge in [0, 0.05) is 12.6 Å². The van der Waals surface area contributed by atoms with Crippen LogP contribution >= 0.6 is 11.6 Å². The molecule has 0 atom stereocenters. The molecule has 2 aromatic rings. The first-order valence-corrected chi connectivity index (χ1v) is 7.20. The molecule has 0 fully saturated rings. The van der Waals surface area contributed by atoms with E-state index in [4.69, 9.17) is 17.3 Å². The predicted octanol–water partition coefficient (Wildman–Crippen LogP) is 4.47. The fourth-order valence-electron chi connectivity index (χ4n) is 1.85. The second kappa shape index (κ2) is 7.35. The van der Waals surface area contributed by atoms with Crippen molar-refractivity contribution in [3.8, 4) is 0 Å². The summed E-state index contributed by atoms with van der Waals surface area (Å²) in [4.78, 5) is 8.00. The number of alkyl halides is 3. The van der Waals surface area contributed by atoms with Gasteiger partial charge in [0.25, 0.3) is 0 Å². The number of nitrogens with one attached hydrogen (secondary N) is 1. The lowest BCUT2D eigenvalue weighted by Gasteiger charge is -2.07.